The van der Waals surface area contributed by atoms with Crippen LogP contribution in [0.5, 0.6) is 0 Å². The molecule has 0 aliphatic carbocycles. The molecule has 1 heterocycles. The second kappa shape index (κ2) is 5.05. The molecule has 1 aliphatic heterocycles. The van der Waals surface area contributed by atoms with Gasteiger partial charge in [0.05, 0.1) is 0 Å². The van der Waals surface area contributed by atoms with Crippen molar-refractivity contribution in [3.63, 3.8) is 0 Å². The maximum absolute atomic E-state index is 3.79. The van der Waals surface area contributed by atoms with E-state index in [-0.39, 0.29) is 0 Å². The molecular formula is C14H30N2. The maximum Gasteiger partial charge on any atom is 0.0125 e. The largest absolute Gasteiger partial charge is 0.309 e. The van der Waals surface area contributed by atoms with Crippen LogP contribution in [0.1, 0.15) is 60.8 Å². The van der Waals surface area contributed by atoms with Crippen LogP contribution in [0.2, 0.25) is 0 Å². The molecule has 1 N–H and O–H groups in total. The molecular weight excluding hydrogens is 196 g/mol. The predicted molar refractivity (Wildman–Crippen MR) is 71.9 cm³/mol. The number of piperidine rings is 1. The standard InChI is InChI=1S/C14H30N2/c1-7-14(5,6)15-12-8-10-16(11-9-12)13(2,3)4/h12,15H,7-11H2,1-6H3. The maximum atomic E-state index is 3.79. The van der Waals surface area contributed by atoms with Gasteiger partial charge < -0.3 is 5.32 Å². The molecule has 2 nitrogen and oxygen atoms in total. The lowest BCUT2D eigenvalue weighted by Crippen LogP contribution is -2.53. The van der Waals surface area contributed by atoms with E-state index in [2.05, 4.69) is 51.8 Å². The molecule has 96 valence electrons. The first-order chi connectivity index (χ1) is 7.24. The lowest BCUT2D eigenvalue weighted by Gasteiger charge is -2.43. The number of likely N-dealkylation sites (tertiary alicyclic amines) is 1. The molecule has 1 aliphatic rings. The second-order valence-corrected chi connectivity index (χ2v) is 6.81. The third-order valence-electron chi connectivity index (χ3n) is 3.92. The summed E-state index contributed by atoms with van der Waals surface area (Å²) in [5, 5.41) is 3.79. The highest BCUT2D eigenvalue weighted by molar-refractivity contribution is 4.88. The van der Waals surface area contributed by atoms with Crippen LogP contribution in [0.3, 0.4) is 0 Å². The van der Waals surface area contributed by atoms with Gasteiger partial charge in [-0.1, -0.05) is 6.92 Å². The Kier molecular flexibility index (Phi) is 4.42. The van der Waals surface area contributed by atoms with Crippen LogP contribution in [-0.2, 0) is 0 Å². The molecule has 0 unspecified atom stereocenters. The minimum Gasteiger partial charge on any atom is -0.309 e. The fraction of sp³-hybridized carbons (Fsp3) is 1.00. The lowest BCUT2D eigenvalue weighted by atomic mass is 9.94. The Balaban J connectivity index is 2.38. The van der Waals surface area contributed by atoms with E-state index in [1.165, 1.54) is 32.4 Å². The van der Waals surface area contributed by atoms with Crippen molar-refractivity contribution in [1.29, 1.82) is 0 Å². The zero-order valence-electron chi connectivity index (χ0n) is 12.1. The van der Waals surface area contributed by atoms with Crippen molar-refractivity contribution in [1.82, 2.24) is 10.2 Å². The van der Waals surface area contributed by atoms with Crippen molar-refractivity contribution >= 4 is 0 Å². The van der Waals surface area contributed by atoms with Crippen molar-refractivity contribution in [3.05, 3.63) is 0 Å². The molecule has 1 rings (SSSR count). The SMILES string of the molecule is CCC(C)(C)NC1CCN(C(C)(C)C)CC1. The minimum absolute atomic E-state index is 0.300. The van der Waals surface area contributed by atoms with Crippen molar-refractivity contribution in [2.24, 2.45) is 0 Å². The molecule has 0 aromatic rings. The Hall–Kier alpha value is -0.0800. The Labute approximate surface area is 102 Å². The third-order valence-corrected chi connectivity index (χ3v) is 3.92. The van der Waals surface area contributed by atoms with Crippen LogP contribution in [0, 0.1) is 0 Å². The Morgan fingerprint density at radius 1 is 1.06 bits per heavy atom. The minimum atomic E-state index is 0.300. The van der Waals surface area contributed by atoms with Gasteiger partial charge in [0.1, 0.15) is 0 Å². The smallest absolute Gasteiger partial charge is 0.0125 e. The fourth-order valence-electron chi connectivity index (χ4n) is 2.35. The van der Waals surface area contributed by atoms with E-state index in [0.717, 1.165) is 0 Å². The van der Waals surface area contributed by atoms with Gasteiger partial charge in [0.2, 0.25) is 0 Å². The van der Waals surface area contributed by atoms with E-state index in [1.54, 1.807) is 0 Å². The van der Waals surface area contributed by atoms with Crippen LogP contribution in [-0.4, -0.2) is 35.1 Å². The summed E-state index contributed by atoms with van der Waals surface area (Å²) in [6.07, 6.45) is 3.79. The number of rotatable bonds is 3. The molecule has 0 aromatic heterocycles. The first kappa shape index (κ1) is 14.0. The highest BCUT2D eigenvalue weighted by Crippen LogP contribution is 2.21. The highest BCUT2D eigenvalue weighted by atomic mass is 15.2. The lowest BCUT2D eigenvalue weighted by molar-refractivity contribution is 0.0893. The van der Waals surface area contributed by atoms with Gasteiger partial charge in [-0.3, -0.25) is 4.90 Å². The molecule has 1 saturated heterocycles. The zero-order chi connectivity index (χ0) is 12.4. The van der Waals surface area contributed by atoms with E-state index in [9.17, 15) is 0 Å². The molecule has 0 aromatic carbocycles. The zero-order valence-corrected chi connectivity index (χ0v) is 12.1. The Morgan fingerprint density at radius 3 is 1.94 bits per heavy atom. The summed E-state index contributed by atoms with van der Waals surface area (Å²) >= 11 is 0. The molecule has 2 heteroatoms. The topological polar surface area (TPSA) is 15.3 Å². The predicted octanol–water partition coefficient (Wildman–Crippen LogP) is 3.03. The Bertz CT molecular complexity index is 207. The summed E-state index contributed by atoms with van der Waals surface area (Å²) < 4.78 is 0. The normalized spacial score (nSPS) is 21.4. The summed E-state index contributed by atoms with van der Waals surface area (Å²) in [5.41, 5.74) is 0.639. The van der Waals surface area contributed by atoms with Crippen LogP contribution < -0.4 is 5.32 Å². The average Bonchev–Trinajstić information content (AvgIpc) is 2.16. The van der Waals surface area contributed by atoms with Crippen molar-refractivity contribution in [2.45, 2.75) is 77.9 Å². The molecule has 0 atom stereocenters. The van der Waals surface area contributed by atoms with Crippen LogP contribution in [0.15, 0.2) is 0 Å². The quantitative estimate of drug-likeness (QED) is 0.796. The van der Waals surface area contributed by atoms with E-state index < -0.39 is 0 Å². The third kappa shape index (κ3) is 4.06. The monoisotopic (exact) mass is 226 g/mol. The van der Waals surface area contributed by atoms with E-state index in [0.29, 0.717) is 17.1 Å². The van der Waals surface area contributed by atoms with Crippen LogP contribution in [0.4, 0.5) is 0 Å². The number of nitrogens with one attached hydrogen (secondary N) is 1. The van der Waals surface area contributed by atoms with E-state index in [4.69, 9.17) is 0 Å². The van der Waals surface area contributed by atoms with Gasteiger partial charge in [0, 0.05) is 30.2 Å². The van der Waals surface area contributed by atoms with Crippen LogP contribution in [0.25, 0.3) is 0 Å². The van der Waals surface area contributed by atoms with Crippen molar-refractivity contribution in [2.75, 3.05) is 13.1 Å². The number of nitrogens with zero attached hydrogens (tertiary/aromatic N) is 1. The van der Waals surface area contributed by atoms with Gasteiger partial charge >= 0.3 is 0 Å². The van der Waals surface area contributed by atoms with Crippen molar-refractivity contribution in [3.8, 4) is 0 Å². The van der Waals surface area contributed by atoms with Gasteiger partial charge in [-0.25, -0.2) is 0 Å². The summed E-state index contributed by atoms with van der Waals surface area (Å²) in [7, 11) is 0. The average molecular weight is 226 g/mol. The summed E-state index contributed by atoms with van der Waals surface area (Å²) in [6, 6.07) is 0.716. The molecule has 16 heavy (non-hydrogen) atoms. The highest BCUT2D eigenvalue weighted by Gasteiger charge is 2.28. The van der Waals surface area contributed by atoms with Gasteiger partial charge in [-0.2, -0.15) is 0 Å². The molecule has 0 amide bonds. The first-order valence-corrected chi connectivity index (χ1v) is 6.77. The van der Waals surface area contributed by atoms with Crippen LogP contribution >= 0.6 is 0 Å². The molecule has 1 fully saturated rings. The van der Waals surface area contributed by atoms with E-state index >= 15 is 0 Å². The van der Waals surface area contributed by atoms with Gasteiger partial charge in [-0.15, -0.1) is 0 Å². The van der Waals surface area contributed by atoms with Crippen molar-refractivity contribution < 1.29 is 0 Å². The number of hydrogen-bond acceptors (Lipinski definition) is 2. The van der Waals surface area contributed by atoms with E-state index in [1.807, 2.05) is 0 Å². The summed E-state index contributed by atoms with van der Waals surface area (Å²) in [4.78, 5) is 2.60. The first-order valence-electron chi connectivity index (χ1n) is 6.77. The van der Waals surface area contributed by atoms with Gasteiger partial charge in [0.25, 0.3) is 0 Å². The molecule has 0 radical (unpaired) electrons. The number of hydrogen-bond donors (Lipinski definition) is 1. The summed E-state index contributed by atoms with van der Waals surface area (Å²) in [6.45, 7) is 16.3. The Morgan fingerprint density at radius 2 is 1.56 bits per heavy atom. The molecule has 0 bridgehead atoms. The summed E-state index contributed by atoms with van der Waals surface area (Å²) in [5.74, 6) is 0. The van der Waals surface area contributed by atoms with Gasteiger partial charge in [-0.05, 0) is 53.9 Å². The van der Waals surface area contributed by atoms with Gasteiger partial charge in [0.15, 0.2) is 0 Å². The second-order valence-electron chi connectivity index (χ2n) is 6.81. The molecule has 0 saturated carbocycles. The fourth-order valence-corrected chi connectivity index (χ4v) is 2.35. The molecule has 0 spiro atoms.